The molecule has 0 fully saturated rings. The molecule has 0 radical (unpaired) electrons. The van der Waals surface area contributed by atoms with Gasteiger partial charge in [0.15, 0.2) is 0 Å². The fourth-order valence-electron chi connectivity index (χ4n) is 2.83. The SMILES string of the molecule is Cc1ccc(C(=O)Nc2ccc(C(=O)NCCNC(=O)c3cc(Br)ccc3Cl)cc2)cc1. The van der Waals surface area contributed by atoms with E-state index in [9.17, 15) is 14.4 Å². The molecule has 0 aromatic heterocycles. The molecule has 0 unspecified atom stereocenters. The van der Waals surface area contributed by atoms with E-state index in [4.69, 9.17) is 11.6 Å². The van der Waals surface area contributed by atoms with Crippen LogP contribution < -0.4 is 16.0 Å². The summed E-state index contributed by atoms with van der Waals surface area (Å²) < 4.78 is 0.749. The van der Waals surface area contributed by atoms with Gasteiger partial charge in [-0.05, 0) is 61.5 Å². The largest absolute Gasteiger partial charge is 0.350 e. The van der Waals surface area contributed by atoms with E-state index >= 15 is 0 Å². The van der Waals surface area contributed by atoms with Gasteiger partial charge in [-0.25, -0.2) is 0 Å². The molecule has 6 nitrogen and oxygen atoms in total. The third kappa shape index (κ3) is 6.42. The molecular formula is C24H21BrClN3O3. The van der Waals surface area contributed by atoms with Crippen LogP contribution in [-0.2, 0) is 0 Å². The number of aryl methyl sites for hydroxylation is 1. The number of rotatable bonds is 7. The Morgan fingerprint density at radius 2 is 1.34 bits per heavy atom. The summed E-state index contributed by atoms with van der Waals surface area (Å²) in [5, 5.41) is 8.61. The minimum atomic E-state index is -0.320. The van der Waals surface area contributed by atoms with Gasteiger partial charge in [-0.15, -0.1) is 0 Å². The summed E-state index contributed by atoms with van der Waals surface area (Å²) in [7, 11) is 0. The van der Waals surface area contributed by atoms with Crippen LogP contribution >= 0.6 is 27.5 Å². The van der Waals surface area contributed by atoms with Crippen molar-refractivity contribution in [1.82, 2.24) is 10.6 Å². The van der Waals surface area contributed by atoms with Crippen LogP contribution in [-0.4, -0.2) is 30.8 Å². The number of hydrogen-bond donors (Lipinski definition) is 3. The van der Waals surface area contributed by atoms with Gasteiger partial charge in [-0.3, -0.25) is 14.4 Å². The van der Waals surface area contributed by atoms with Crippen LogP contribution in [0.25, 0.3) is 0 Å². The van der Waals surface area contributed by atoms with Crippen LogP contribution in [0.1, 0.15) is 36.6 Å². The van der Waals surface area contributed by atoms with E-state index < -0.39 is 0 Å². The Morgan fingerprint density at radius 1 is 0.781 bits per heavy atom. The van der Waals surface area contributed by atoms with Gasteiger partial charge >= 0.3 is 0 Å². The number of benzene rings is 3. The van der Waals surface area contributed by atoms with E-state index in [0.29, 0.717) is 27.4 Å². The first-order valence-electron chi connectivity index (χ1n) is 9.83. The molecule has 0 aliphatic carbocycles. The monoisotopic (exact) mass is 513 g/mol. The molecule has 3 aromatic rings. The minimum Gasteiger partial charge on any atom is -0.350 e. The van der Waals surface area contributed by atoms with Crippen LogP contribution in [0.2, 0.25) is 5.02 Å². The van der Waals surface area contributed by atoms with E-state index in [-0.39, 0.29) is 30.8 Å². The first kappa shape index (κ1) is 23.5. The third-order valence-corrected chi connectivity index (χ3v) is 5.41. The lowest BCUT2D eigenvalue weighted by Crippen LogP contribution is -2.34. The van der Waals surface area contributed by atoms with Crippen molar-refractivity contribution >= 4 is 50.9 Å². The second-order valence-corrected chi connectivity index (χ2v) is 8.36. The summed E-state index contributed by atoms with van der Waals surface area (Å²) >= 11 is 9.35. The third-order valence-electron chi connectivity index (χ3n) is 4.59. The standard InChI is InChI=1S/C24H21BrClN3O3/c1-15-2-4-17(5-3-15)23(31)29-19-9-6-16(7-10-19)22(30)27-12-13-28-24(32)20-14-18(25)8-11-21(20)26/h2-11,14H,12-13H2,1H3,(H,27,30)(H,28,32)(H,29,31). The van der Waals surface area contributed by atoms with Crippen molar-refractivity contribution in [3.05, 3.63) is 98.5 Å². The lowest BCUT2D eigenvalue weighted by molar-refractivity contribution is 0.0927. The lowest BCUT2D eigenvalue weighted by Gasteiger charge is -2.09. The number of carbonyl (C=O) groups excluding carboxylic acids is 3. The molecule has 0 aliphatic rings. The Hall–Kier alpha value is -3.16. The maximum absolute atomic E-state index is 12.3. The van der Waals surface area contributed by atoms with Crippen molar-refractivity contribution in [2.75, 3.05) is 18.4 Å². The first-order chi connectivity index (χ1) is 15.3. The van der Waals surface area contributed by atoms with E-state index in [2.05, 4.69) is 31.9 Å². The summed E-state index contributed by atoms with van der Waals surface area (Å²) in [6, 6.07) is 18.9. The average Bonchev–Trinajstić information content (AvgIpc) is 2.79. The molecule has 0 bridgehead atoms. The molecule has 164 valence electrons. The summed E-state index contributed by atoms with van der Waals surface area (Å²) in [5.41, 5.74) is 3.03. The Balaban J connectivity index is 1.46. The number of anilines is 1. The van der Waals surface area contributed by atoms with E-state index in [1.165, 1.54) is 0 Å². The summed E-state index contributed by atoms with van der Waals surface area (Å²) in [4.78, 5) is 36.8. The number of carbonyl (C=O) groups is 3. The fourth-order valence-corrected chi connectivity index (χ4v) is 3.40. The van der Waals surface area contributed by atoms with Gasteiger partial charge in [0.05, 0.1) is 10.6 Å². The van der Waals surface area contributed by atoms with Crippen LogP contribution in [0.5, 0.6) is 0 Å². The molecule has 32 heavy (non-hydrogen) atoms. The van der Waals surface area contributed by atoms with E-state index in [1.54, 1.807) is 54.6 Å². The van der Waals surface area contributed by atoms with E-state index in [1.807, 2.05) is 19.1 Å². The normalized spacial score (nSPS) is 10.3. The van der Waals surface area contributed by atoms with Gasteiger partial charge in [-0.1, -0.05) is 45.2 Å². The summed E-state index contributed by atoms with van der Waals surface area (Å²) in [6.07, 6.45) is 0. The highest BCUT2D eigenvalue weighted by Gasteiger charge is 2.11. The lowest BCUT2D eigenvalue weighted by atomic mass is 10.1. The van der Waals surface area contributed by atoms with Crippen LogP contribution in [0.4, 0.5) is 5.69 Å². The summed E-state index contributed by atoms with van der Waals surface area (Å²) in [6.45, 7) is 2.46. The highest BCUT2D eigenvalue weighted by molar-refractivity contribution is 9.10. The minimum absolute atomic E-state index is 0.219. The highest BCUT2D eigenvalue weighted by Crippen LogP contribution is 2.20. The Labute approximate surface area is 199 Å². The molecule has 3 rings (SSSR count). The fraction of sp³-hybridized carbons (Fsp3) is 0.125. The van der Waals surface area contributed by atoms with Gasteiger partial charge in [-0.2, -0.15) is 0 Å². The number of halogens is 2. The highest BCUT2D eigenvalue weighted by atomic mass is 79.9. The molecule has 3 aromatic carbocycles. The van der Waals surface area contributed by atoms with Crippen molar-refractivity contribution in [3.63, 3.8) is 0 Å². The molecule has 3 N–H and O–H groups in total. The first-order valence-corrected chi connectivity index (χ1v) is 11.0. The van der Waals surface area contributed by atoms with Crippen molar-refractivity contribution in [2.45, 2.75) is 6.92 Å². The Morgan fingerprint density at radius 3 is 2.00 bits per heavy atom. The molecule has 0 aliphatic heterocycles. The van der Waals surface area contributed by atoms with Crippen molar-refractivity contribution in [3.8, 4) is 0 Å². The number of hydrogen-bond acceptors (Lipinski definition) is 3. The van der Waals surface area contributed by atoms with E-state index in [0.717, 1.165) is 10.0 Å². The van der Waals surface area contributed by atoms with Crippen molar-refractivity contribution in [2.24, 2.45) is 0 Å². The Bertz CT molecular complexity index is 1130. The Kier molecular flexibility index (Phi) is 8.03. The zero-order valence-electron chi connectivity index (χ0n) is 17.2. The van der Waals surface area contributed by atoms with Crippen LogP contribution in [0.3, 0.4) is 0 Å². The maximum Gasteiger partial charge on any atom is 0.255 e. The smallest absolute Gasteiger partial charge is 0.255 e. The molecule has 0 saturated carbocycles. The van der Waals surface area contributed by atoms with Gasteiger partial charge < -0.3 is 16.0 Å². The van der Waals surface area contributed by atoms with Crippen molar-refractivity contribution < 1.29 is 14.4 Å². The molecule has 0 heterocycles. The molecular weight excluding hydrogens is 494 g/mol. The van der Waals surface area contributed by atoms with Crippen LogP contribution in [0.15, 0.2) is 71.2 Å². The second kappa shape index (κ2) is 10.9. The van der Waals surface area contributed by atoms with Gasteiger partial charge in [0.25, 0.3) is 17.7 Å². The topological polar surface area (TPSA) is 87.3 Å². The maximum atomic E-state index is 12.3. The van der Waals surface area contributed by atoms with Gasteiger partial charge in [0.2, 0.25) is 0 Å². The van der Waals surface area contributed by atoms with Gasteiger partial charge in [0, 0.05) is 34.4 Å². The molecule has 0 saturated heterocycles. The predicted molar refractivity (Wildman–Crippen MR) is 129 cm³/mol. The summed E-state index contributed by atoms with van der Waals surface area (Å²) in [5.74, 6) is -0.820. The number of nitrogens with one attached hydrogen (secondary N) is 3. The van der Waals surface area contributed by atoms with Crippen LogP contribution in [0, 0.1) is 6.92 Å². The average molecular weight is 515 g/mol. The molecule has 8 heteroatoms. The molecule has 3 amide bonds. The predicted octanol–water partition coefficient (Wildman–Crippen LogP) is 4.82. The zero-order valence-corrected chi connectivity index (χ0v) is 19.6. The molecule has 0 atom stereocenters. The zero-order chi connectivity index (χ0) is 23.1. The van der Waals surface area contributed by atoms with Gasteiger partial charge in [0.1, 0.15) is 0 Å². The quantitative estimate of drug-likeness (QED) is 0.395. The molecule has 0 spiro atoms. The number of amides is 3. The van der Waals surface area contributed by atoms with Crippen molar-refractivity contribution in [1.29, 1.82) is 0 Å². The second-order valence-electron chi connectivity index (χ2n) is 7.03.